The van der Waals surface area contributed by atoms with E-state index in [1.807, 2.05) is 11.8 Å². The van der Waals surface area contributed by atoms with Crippen molar-refractivity contribution >= 4 is 23.4 Å². The molecular formula is C15H21NO2S. The van der Waals surface area contributed by atoms with Gasteiger partial charge in [-0.1, -0.05) is 17.7 Å². The van der Waals surface area contributed by atoms with E-state index in [0.717, 1.165) is 12.2 Å². The molecule has 1 aliphatic heterocycles. The van der Waals surface area contributed by atoms with Gasteiger partial charge in [0.05, 0.1) is 6.42 Å². The van der Waals surface area contributed by atoms with Crippen molar-refractivity contribution in [2.75, 3.05) is 29.5 Å². The van der Waals surface area contributed by atoms with E-state index >= 15 is 0 Å². The lowest BCUT2D eigenvalue weighted by Crippen LogP contribution is -2.31. The average Bonchev–Trinajstić information content (AvgIpc) is 2.88. The summed E-state index contributed by atoms with van der Waals surface area (Å²) >= 11 is 2.00. The Labute approximate surface area is 119 Å². The van der Waals surface area contributed by atoms with Crippen molar-refractivity contribution in [3.8, 4) is 0 Å². The van der Waals surface area contributed by atoms with E-state index in [0.29, 0.717) is 12.5 Å². The number of benzene rings is 1. The Bertz CT molecular complexity index is 413. The first kappa shape index (κ1) is 14.3. The summed E-state index contributed by atoms with van der Waals surface area (Å²) in [5, 5.41) is 8.88. The van der Waals surface area contributed by atoms with Gasteiger partial charge in [-0.05, 0) is 42.9 Å². The van der Waals surface area contributed by atoms with Gasteiger partial charge in [0.15, 0.2) is 0 Å². The van der Waals surface area contributed by atoms with Crippen LogP contribution in [0.3, 0.4) is 0 Å². The molecule has 0 amide bonds. The lowest BCUT2D eigenvalue weighted by molar-refractivity contribution is -0.136. The molecule has 0 aliphatic carbocycles. The molecule has 1 saturated heterocycles. The fraction of sp³-hybridized carbons (Fsp3) is 0.533. The topological polar surface area (TPSA) is 40.5 Å². The van der Waals surface area contributed by atoms with Crippen molar-refractivity contribution in [2.45, 2.75) is 19.8 Å². The molecule has 19 heavy (non-hydrogen) atoms. The Morgan fingerprint density at radius 3 is 2.74 bits per heavy atom. The number of rotatable bonds is 6. The molecule has 1 fully saturated rings. The highest BCUT2D eigenvalue weighted by Crippen LogP contribution is 2.26. The molecule has 1 aromatic rings. The van der Waals surface area contributed by atoms with Crippen LogP contribution in [0.1, 0.15) is 18.4 Å². The summed E-state index contributed by atoms with van der Waals surface area (Å²) in [6.07, 6.45) is 1.45. The number of carboxylic acids is 1. The molecule has 1 aromatic carbocycles. The number of aliphatic carboxylic acids is 1. The van der Waals surface area contributed by atoms with Gasteiger partial charge in [-0.15, -0.1) is 0 Å². The van der Waals surface area contributed by atoms with E-state index in [1.165, 1.54) is 23.5 Å². The van der Waals surface area contributed by atoms with E-state index in [9.17, 15) is 4.79 Å². The van der Waals surface area contributed by atoms with Crippen molar-refractivity contribution in [3.63, 3.8) is 0 Å². The van der Waals surface area contributed by atoms with Gasteiger partial charge in [0.25, 0.3) is 0 Å². The van der Waals surface area contributed by atoms with Gasteiger partial charge in [0.2, 0.25) is 0 Å². The Kier molecular flexibility index (Phi) is 5.14. The zero-order chi connectivity index (χ0) is 13.7. The lowest BCUT2D eigenvalue weighted by atomic mass is 10.1. The van der Waals surface area contributed by atoms with Crippen LogP contribution in [0.2, 0.25) is 0 Å². The number of thioether (sulfide) groups is 1. The molecule has 104 valence electrons. The summed E-state index contributed by atoms with van der Waals surface area (Å²) in [6.45, 7) is 3.64. The minimum absolute atomic E-state index is 0.202. The Hall–Kier alpha value is -1.16. The van der Waals surface area contributed by atoms with Gasteiger partial charge in [0, 0.05) is 18.8 Å². The number of hydrogen-bond donors (Lipinski definition) is 1. The third-order valence-corrected chi connectivity index (χ3v) is 4.73. The smallest absolute Gasteiger partial charge is 0.305 e. The van der Waals surface area contributed by atoms with E-state index < -0.39 is 5.97 Å². The number of aryl methyl sites for hydroxylation is 1. The number of carboxylic acid groups (broad SMARTS) is 1. The van der Waals surface area contributed by atoms with Crippen LogP contribution in [0, 0.1) is 12.8 Å². The number of nitrogens with zero attached hydrogens (tertiary/aromatic N) is 1. The van der Waals surface area contributed by atoms with E-state index in [1.54, 1.807) is 0 Å². The maximum Gasteiger partial charge on any atom is 0.305 e. The second-order valence-electron chi connectivity index (χ2n) is 5.15. The highest BCUT2D eigenvalue weighted by molar-refractivity contribution is 7.99. The third kappa shape index (κ3) is 4.46. The standard InChI is InChI=1S/C15H21NO2S/c1-12-2-4-14(5-3-12)16(8-6-15(17)18)10-13-7-9-19-11-13/h2-5,13H,6-11H2,1H3,(H,17,18). The Morgan fingerprint density at radius 1 is 1.42 bits per heavy atom. The van der Waals surface area contributed by atoms with Gasteiger partial charge in [-0.2, -0.15) is 11.8 Å². The van der Waals surface area contributed by atoms with Gasteiger partial charge in [-0.3, -0.25) is 4.79 Å². The molecule has 0 aromatic heterocycles. The molecule has 1 unspecified atom stereocenters. The summed E-state index contributed by atoms with van der Waals surface area (Å²) in [5.41, 5.74) is 2.38. The summed E-state index contributed by atoms with van der Waals surface area (Å²) in [5.74, 6) is 2.42. The maximum absolute atomic E-state index is 10.8. The first-order chi connectivity index (χ1) is 9.15. The first-order valence-electron chi connectivity index (χ1n) is 6.76. The molecule has 1 heterocycles. The zero-order valence-corrected chi connectivity index (χ0v) is 12.2. The Morgan fingerprint density at radius 2 is 2.16 bits per heavy atom. The summed E-state index contributed by atoms with van der Waals surface area (Å²) in [4.78, 5) is 13.0. The van der Waals surface area contributed by atoms with Crippen molar-refractivity contribution in [3.05, 3.63) is 29.8 Å². The van der Waals surface area contributed by atoms with Crippen LogP contribution in [0.25, 0.3) is 0 Å². The van der Waals surface area contributed by atoms with Gasteiger partial charge in [-0.25, -0.2) is 0 Å². The van der Waals surface area contributed by atoms with Crippen LogP contribution in [-0.2, 0) is 4.79 Å². The highest BCUT2D eigenvalue weighted by Gasteiger charge is 2.19. The van der Waals surface area contributed by atoms with Crippen LogP contribution in [0.4, 0.5) is 5.69 Å². The minimum atomic E-state index is -0.724. The molecule has 1 N–H and O–H groups in total. The second kappa shape index (κ2) is 6.85. The van der Waals surface area contributed by atoms with Gasteiger partial charge in [0.1, 0.15) is 0 Å². The summed E-state index contributed by atoms with van der Waals surface area (Å²) in [7, 11) is 0. The van der Waals surface area contributed by atoms with E-state index in [2.05, 4.69) is 36.1 Å². The van der Waals surface area contributed by atoms with Crippen molar-refractivity contribution < 1.29 is 9.90 Å². The molecule has 2 rings (SSSR count). The SMILES string of the molecule is Cc1ccc(N(CCC(=O)O)CC2CCSC2)cc1. The number of carbonyl (C=O) groups is 1. The van der Waals surface area contributed by atoms with Crippen molar-refractivity contribution in [1.82, 2.24) is 0 Å². The normalized spacial score (nSPS) is 18.5. The maximum atomic E-state index is 10.8. The molecule has 1 aliphatic rings. The third-order valence-electron chi connectivity index (χ3n) is 3.50. The lowest BCUT2D eigenvalue weighted by Gasteiger charge is -2.27. The predicted molar refractivity (Wildman–Crippen MR) is 81.1 cm³/mol. The predicted octanol–water partition coefficient (Wildman–Crippen LogP) is 3.03. The fourth-order valence-corrected chi connectivity index (χ4v) is 3.62. The van der Waals surface area contributed by atoms with Gasteiger partial charge >= 0.3 is 5.97 Å². The van der Waals surface area contributed by atoms with Crippen LogP contribution < -0.4 is 4.90 Å². The van der Waals surface area contributed by atoms with Crippen molar-refractivity contribution in [2.24, 2.45) is 5.92 Å². The highest BCUT2D eigenvalue weighted by atomic mass is 32.2. The van der Waals surface area contributed by atoms with E-state index in [4.69, 9.17) is 5.11 Å². The fourth-order valence-electron chi connectivity index (χ4n) is 2.35. The molecular weight excluding hydrogens is 258 g/mol. The first-order valence-corrected chi connectivity index (χ1v) is 7.92. The zero-order valence-electron chi connectivity index (χ0n) is 11.3. The average molecular weight is 279 g/mol. The second-order valence-corrected chi connectivity index (χ2v) is 6.30. The molecule has 0 radical (unpaired) electrons. The van der Waals surface area contributed by atoms with Crippen LogP contribution in [-0.4, -0.2) is 35.7 Å². The molecule has 0 bridgehead atoms. The van der Waals surface area contributed by atoms with Crippen LogP contribution >= 0.6 is 11.8 Å². The van der Waals surface area contributed by atoms with Crippen molar-refractivity contribution in [1.29, 1.82) is 0 Å². The molecule has 0 spiro atoms. The summed E-state index contributed by atoms with van der Waals surface area (Å²) < 4.78 is 0. The number of hydrogen-bond acceptors (Lipinski definition) is 3. The van der Waals surface area contributed by atoms with E-state index in [-0.39, 0.29) is 6.42 Å². The monoisotopic (exact) mass is 279 g/mol. The molecule has 0 saturated carbocycles. The quantitative estimate of drug-likeness (QED) is 0.869. The molecule has 1 atom stereocenters. The Balaban J connectivity index is 2.03. The van der Waals surface area contributed by atoms with Crippen LogP contribution in [0.15, 0.2) is 24.3 Å². The van der Waals surface area contributed by atoms with Crippen LogP contribution in [0.5, 0.6) is 0 Å². The summed E-state index contributed by atoms with van der Waals surface area (Å²) in [6, 6.07) is 8.37. The minimum Gasteiger partial charge on any atom is -0.481 e. The molecule has 3 nitrogen and oxygen atoms in total. The molecule has 4 heteroatoms. The van der Waals surface area contributed by atoms with Gasteiger partial charge < -0.3 is 10.0 Å². The number of anilines is 1. The largest absolute Gasteiger partial charge is 0.481 e.